The Morgan fingerprint density at radius 1 is 1.19 bits per heavy atom. The van der Waals surface area contributed by atoms with Gasteiger partial charge in [-0.2, -0.15) is 0 Å². The highest BCUT2D eigenvalue weighted by atomic mass is 35.5. The van der Waals surface area contributed by atoms with Gasteiger partial charge in [0.25, 0.3) is 0 Å². The van der Waals surface area contributed by atoms with Crippen molar-refractivity contribution in [1.29, 1.82) is 0 Å². The third-order valence-electron chi connectivity index (χ3n) is 6.29. The molecule has 0 fully saturated rings. The summed E-state index contributed by atoms with van der Waals surface area (Å²) < 4.78 is 27.6. The zero-order valence-corrected chi connectivity index (χ0v) is 20.9. The fourth-order valence-electron chi connectivity index (χ4n) is 4.48. The molecular weight excluding hydrogens is 428 g/mol. The Hall–Kier alpha value is -1.65. The predicted octanol–water partition coefficient (Wildman–Crippen LogP) is 6.83. The van der Waals surface area contributed by atoms with Crippen molar-refractivity contribution in [2.45, 2.75) is 82.2 Å². The van der Waals surface area contributed by atoms with Gasteiger partial charge >= 0.3 is 0 Å². The predicted molar refractivity (Wildman–Crippen MR) is 130 cm³/mol. The van der Waals surface area contributed by atoms with Crippen LogP contribution in [0.15, 0.2) is 69.7 Å². The lowest BCUT2D eigenvalue weighted by molar-refractivity contribution is -0.104. The molecule has 1 aromatic carbocycles. The number of hydrogen-bond donors (Lipinski definition) is 0. The number of allylic oxidation sites excluding steroid dienone is 4. The second-order valence-electron chi connectivity index (χ2n) is 9.28. The molecule has 0 amide bonds. The highest BCUT2D eigenvalue weighted by Gasteiger charge is 2.39. The van der Waals surface area contributed by atoms with Gasteiger partial charge < -0.3 is 0 Å². The van der Waals surface area contributed by atoms with Crippen LogP contribution >= 0.6 is 11.6 Å². The Kier molecular flexibility index (Phi) is 8.91. The van der Waals surface area contributed by atoms with E-state index in [0.29, 0.717) is 17.7 Å². The van der Waals surface area contributed by atoms with Gasteiger partial charge in [-0.1, -0.05) is 54.8 Å². The highest BCUT2D eigenvalue weighted by molar-refractivity contribution is 7.92. The summed E-state index contributed by atoms with van der Waals surface area (Å²) in [5.41, 5.74) is 3.79. The van der Waals surface area contributed by atoms with E-state index in [1.54, 1.807) is 30.3 Å². The fraction of sp³-hybridized carbons (Fsp3) is 0.500. The van der Waals surface area contributed by atoms with Gasteiger partial charge in [-0.15, -0.1) is 11.6 Å². The normalized spacial score (nSPS) is 19.8. The maximum atomic E-state index is 13.8. The minimum atomic E-state index is -3.62. The molecule has 2 unspecified atom stereocenters. The molecule has 0 spiro atoms. The summed E-state index contributed by atoms with van der Waals surface area (Å²) in [6, 6.07) is 8.70. The molecule has 1 aliphatic carbocycles. The summed E-state index contributed by atoms with van der Waals surface area (Å²) in [6.45, 7) is 10.2. The first-order valence-corrected chi connectivity index (χ1v) is 12.9. The van der Waals surface area contributed by atoms with Crippen LogP contribution in [-0.4, -0.2) is 25.3 Å². The third-order valence-corrected chi connectivity index (χ3v) is 8.82. The van der Waals surface area contributed by atoms with Crippen LogP contribution in [-0.2, 0) is 14.6 Å². The van der Waals surface area contributed by atoms with E-state index in [0.717, 1.165) is 42.3 Å². The lowest BCUT2D eigenvalue weighted by Crippen LogP contribution is -2.34. The molecule has 0 heterocycles. The van der Waals surface area contributed by atoms with Crippen LogP contribution in [0.25, 0.3) is 0 Å². The number of hydrogen-bond acceptors (Lipinski definition) is 3. The molecule has 0 aliphatic heterocycles. The van der Waals surface area contributed by atoms with Gasteiger partial charge in [0.05, 0.1) is 10.3 Å². The van der Waals surface area contributed by atoms with Crippen molar-refractivity contribution >= 4 is 27.7 Å². The van der Waals surface area contributed by atoms with Crippen molar-refractivity contribution in [3.8, 4) is 0 Å². The smallest absolute Gasteiger partial charge is 0.188 e. The molecule has 0 saturated heterocycles. The maximum absolute atomic E-state index is 13.8. The molecule has 1 aliphatic rings. The molecule has 0 N–H and O–H groups in total. The van der Waals surface area contributed by atoms with Crippen molar-refractivity contribution in [2.24, 2.45) is 5.41 Å². The van der Waals surface area contributed by atoms with E-state index in [1.165, 1.54) is 5.57 Å². The maximum Gasteiger partial charge on any atom is 0.188 e. The van der Waals surface area contributed by atoms with Gasteiger partial charge in [-0.3, -0.25) is 4.79 Å². The fourth-order valence-corrected chi connectivity index (χ4v) is 6.72. The first kappa shape index (κ1) is 25.6. The van der Waals surface area contributed by atoms with Crippen LogP contribution in [0, 0.1) is 5.41 Å². The van der Waals surface area contributed by atoms with E-state index in [9.17, 15) is 13.2 Å². The van der Waals surface area contributed by atoms with E-state index in [4.69, 9.17) is 11.6 Å². The number of aldehydes is 1. The molecule has 0 radical (unpaired) electrons. The molecule has 2 rings (SSSR count). The molecular formula is C26H35ClO3S. The minimum absolute atomic E-state index is 0.198. The molecule has 31 heavy (non-hydrogen) atoms. The largest absolute Gasteiger partial charge is 0.299 e. The standard InChI is InChI=1S/C26H35ClO3S/c1-19(15-17-28)13-14-23(27)21(3)18-24(25-20(2)10-9-16-26(25,4)5)31(29,30)22-11-7-6-8-12-22/h6-8,11-12,15,17-18,23-24H,9-10,13-14,16H2,1-5H3/b19-15+,21-18+. The van der Waals surface area contributed by atoms with E-state index in [1.807, 2.05) is 26.0 Å². The Morgan fingerprint density at radius 2 is 1.84 bits per heavy atom. The molecule has 1 aromatic rings. The second kappa shape index (κ2) is 10.8. The molecule has 3 nitrogen and oxygen atoms in total. The first-order valence-electron chi connectivity index (χ1n) is 10.9. The van der Waals surface area contributed by atoms with E-state index >= 15 is 0 Å². The Labute approximate surface area is 193 Å². The monoisotopic (exact) mass is 462 g/mol. The van der Waals surface area contributed by atoms with E-state index < -0.39 is 15.1 Å². The molecule has 170 valence electrons. The SMILES string of the molecule is CC1=C(C(/C=C(\C)C(Cl)CC/C(C)=C/C=O)S(=O)(=O)c2ccccc2)C(C)(C)CCC1. The van der Waals surface area contributed by atoms with Gasteiger partial charge in [0.1, 0.15) is 11.5 Å². The van der Waals surface area contributed by atoms with Crippen LogP contribution in [0.4, 0.5) is 0 Å². The summed E-state index contributed by atoms with van der Waals surface area (Å²) in [5.74, 6) is 0. The van der Waals surface area contributed by atoms with Gasteiger partial charge in [-0.05, 0) is 82.1 Å². The topological polar surface area (TPSA) is 51.2 Å². The van der Waals surface area contributed by atoms with Crippen LogP contribution in [0.1, 0.15) is 66.7 Å². The Bertz CT molecular complexity index is 969. The number of halogens is 1. The van der Waals surface area contributed by atoms with E-state index in [2.05, 4.69) is 20.8 Å². The summed E-state index contributed by atoms with van der Waals surface area (Å²) in [7, 11) is -3.62. The average Bonchev–Trinajstić information content (AvgIpc) is 2.71. The van der Waals surface area contributed by atoms with Crippen molar-refractivity contribution < 1.29 is 13.2 Å². The number of carbonyl (C=O) groups is 1. The molecule has 0 saturated carbocycles. The van der Waals surface area contributed by atoms with Gasteiger partial charge in [0, 0.05) is 0 Å². The number of carbonyl (C=O) groups excluding carboxylic acids is 1. The zero-order valence-electron chi connectivity index (χ0n) is 19.3. The van der Waals surface area contributed by atoms with Crippen molar-refractivity contribution in [1.82, 2.24) is 0 Å². The number of benzene rings is 1. The Balaban J connectivity index is 2.52. The first-order chi connectivity index (χ1) is 14.5. The average molecular weight is 463 g/mol. The van der Waals surface area contributed by atoms with Crippen LogP contribution in [0.3, 0.4) is 0 Å². The van der Waals surface area contributed by atoms with Crippen LogP contribution in [0.5, 0.6) is 0 Å². The highest BCUT2D eigenvalue weighted by Crippen LogP contribution is 2.45. The Morgan fingerprint density at radius 3 is 2.42 bits per heavy atom. The summed E-state index contributed by atoms with van der Waals surface area (Å²) >= 11 is 6.67. The molecule has 5 heteroatoms. The van der Waals surface area contributed by atoms with Crippen LogP contribution in [0.2, 0.25) is 0 Å². The number of alkyl halides is 1. The lowest BCUT2D eigenvalue weighted by Gasteiger charge is -2.38. The van der Waals surface area contributed by atoms with Crippen molar-refractivity contribution in [3.63, 3.8) is 0 Å². The summed E-state index contributed by atoms with van der Waals surface area (Å²) in [5, 5.41) is -1.03. The molecule has 2 atom stereocenters. The second-order valence-corrected chi connectivity index (χ2v) is 11.9. The number of rotatable bonds is 9. The van der Waals surface area contributed by atoms with Gasteiger partial charge in [0.2, 0.25) is 0 Å². The third kappa shape index (κ3) is 6.43. The van der Waals surface area contributed by atoms with Crippen molar-refractivity contribution in [3.05, 3.63) is 64.8 Å². The minimum Gasteiger partial charge on any atom is -0.299 e. The van der Waals surface area contributed by atoms with Gasteiger partial charge in [0.15, 0.2) is 9.84 Å². The summed E-state index contributed by atoms with van der Waals surface area (Å²) in [6.07, 6.45) is 8.50. The summed E-state index contributed by atoms with van der Waals surface area (Å²) in [4.78, 5) is 11.0. The van der Waals surface area contributed by atoms with Gasteiger partial charge in [-0.25, -0.2) is 8.42 Å². The van der Waals surface area contributed by atoms with Crippen LogP contribution < -0.4 is 0 Å². The van der Waals surface area contributed by atoms with Crippen molar-refractivity contribution in [2.75, 3.05) is 0 Å². The van der Waals surface area contributed by atoms with E-state index in [-0.39, 0.29) is 10.8 Å². The lowest BCUT2D eigenvalue weighted by atomic mass is 9.71. The zero-order chi connectivity index (χ0) is 23.2. The molecule has 0 aromatic heterocycles. The quantitative estimate of drug-likeness (QED) is 0.175. The number of sulfone groups is 1. The molecule has 0 bridgehead atoms.